The Hall–Kier alpha value is -3.02. The van der Waals surface area contributed by atoms with E-state index < -0.39 is 5.41 Å². The minimum atomic E-state index is -1.03. The first kappa shape index (κ1) is 15.3. The molecule has 3 aliphatic rings. The molecule has 3 heterocycles. The molecule has 0 N–H and O–H groups in total. The van der Waals surface area contributed by atoms with Crippen LogP contribution in [0, 0.1) is 0 Å². The second-order valence-electron chi connectivity index (χ2n) is 6.81. The number of hydrogen-bond acceptors (Lipinski definition) is 5. The van der Waals surface area contributed by atoms with Gasteiger partial charge in [-0.3, -0.25) is 9.59 Å². The topological polar surface area (TPSA) is 65.1 Å². The zero-order valence-electron chi connectivity index (χ0n) is 14.5. The van der Waals surface area contributed by atoms with Crippen LogP contribution >= 0.6 is 0 Å². The van der Waals surface area contributed by atoms with Gasteiger partial charge in [0.05, 0.1) is 0 Å². The molecule has 2 aromatic rings. The second kappa shape index (κ2) is 5.00. The Morgan fingerprint density at radius 3 is 2.54 bits per heavy atom. The van der Waals surface area contributed by atoms with E-state index in [0.717, 1.165) is 16.8 Å². The van der Waals surface area contributed by atoms with Crippen molar-refractivity contribution in [1.29, 1.82) is 0 Å². The molecule has 1 atom stereocenters. The number of nitrogens with zero attached hydrogens (tertiary/aromatic N) is 1. The molecule has 1 unspecified atom stereocenters. The molecule has 132 valence electrons. The van der Waals surface area contributed by atoms with E-state index in [1.807, 2.05) is 12.1 Å². The summed E-state index contributed by atoms with van der Waals surface area (Å²) in [4.78, 5) is 27.3. The first-order chi connectivity index (χ1) is 12.5. The fraction of sp³-hybridized carbons (Fsp3) is 0.300. The van der Waals surface area contributed by atoms with Crippen LogP contribution in [-0.2, 0) is 10.2 Å². The van der Waals surface area contributed by atoms with Crippen LogP contribution in [0.15, 0.2) is 30.3 Å². The molecule has 0 radical (unpaired) electrons. The van der Waals surface area contributed by atoms with Gasteiger partial charge in [-0.05, 0) is 19.1 Å². The molecule has 26 heavy (non-hydrogen) atoms. The Bertz CT molecular complexity index is 982. The molecule has 0 aliphatic carbocycles. The zero-order chi connectivity index (χ0) is 18.1. The van der Waals surface area contributed by atoms with Crippen molar-refractivity contribution in [1.82, 2.24) is 0 Å². The number of anilines is 1. The molecular weight excluding hydrogens is 334 g/mol. The highest BCUT2D eigenvalue weighted by Gasteiger charge is 2.57. The molecule has 0 fully saturated rings. The van der Waals surface area contributed by atoms with Crippen LogP contribution in [0.5, 0.6) is 17.2 Å². The fourth-order valence-corrected chi connectivity index (χ4v) is 4.23. The summed E-state index contributed by atoms with van der Waals surface area (Å²) in [7, 11) is 1.73. The quantitative estimate of drug-likeness (QED) is 0.738. The van der Waals surface area contributed by atoms with E-state index in [1.165, 1.54) is 6.92 Å². The van der Waals surface area contributed by atoms with Gasteiger partial charge in [-0.25, -0.2) is 0 Å². The van der Waals surface area contributed by atoms with E-state index in [0.29, 0.717) is 36.0 Å². The van der Waals surface area contributed by atoms with Gasteiger partial charge in [-0.2, -0.15) is 0 Å². The van der Waals surface area contributed by atoms with Gasteiger partial charge in [0, 0.05) is 35.5 Å². The smallest absolute Gasteiger partial charge is 0.245 e. The number of Topliss-reactive ketones (excluding diaryl/α,β-unsaturated/α-hetero) is 1. The van der Waals surface area contributed by atoms with Gasteiger partial charge in [0.2, 0.25) is 5.91 Å². The Labute approximate surface area is 150 Å². The number of amides is 1. The first-order valence-corrected chi connectivity index (χ1v) is 8.53. The third-order valence-electron chi connectivity index (χ3n) is 5.43. The molecule has 6 heteroatoms. The summed E-state index contributed by atoms with van der Waals surface area (Å²) in [6.45, 7) is 2.62. The third kappa shape index (κ3) is 1.71. The SMILES string of the molecule is CC(=O)c1cccc2c1C1(COc3cc4c(cc31)OCCO4)C(=O)N2C. The summed E-state index contributed by atoms with van der Waals surface area (Å²) in [6, 6.07) is 9.05. The van der Waals surface area contributed by atoms with E-state index in [9.17, 15) is 9.59 Å². The number of benzene rings is 2. The molecule has 0 saturated carbocycles. The maximum Gasteiger partial charge on any atom is 0.245 e. The first-order valence-electron chi connectivity index (χ1n) is 8.53. The monoisotopic (exact) mass is 351 g/mol. The standard InChI is InChI=1S/C20H17NO5/c1-11(22)12-4-3-5-14-18(12)20(19(23)21(14)2)10-26-15-9-17-16(8-13(15)20)24-6-7-25-17/h3-5,8-9H,6-7,10H2,1-2H3. The van der Waals surface area contributed by atoms with Crippen molar-refractivity contribution in [2.75, 3.05) is 31.8 Å². The predicted octanol–water partition coefficient (Wildman–Crippen LogP) is 2.32. The van der Waals surface area contributed by atoms with Crippen LogP contribution in [0.2, 0.25) is 0 Å². The van der Waals surface area contributed by atoms with Crippen LogP contribution in [-0.4, -0.2) is 38.6 Å². The van der Waals surface area contributed by atoms with E-state index in [1.54, 1.807) is 30.1 Å². The van der Waals surface area contributed by atoms with Crippen LogP contribution in [0.25, 0.3) is 0 Å². The lowest BCUT2D eigenvalue weighted by Crippen LogP contribution is -2.41. The number of carbonyl (C=O) groups is 2. The number of fused-ring (bicyclic) bond motifs is 5. The van der Waals surface area contributed by atoms with Crippen molar-refractivity contribution >= 4 is 17.4 Å². The Morgan fingerprint density at radius 2 is 1.81 bits per heavy atom. The fourth-order valence-electron chi connectivity index (χ4n) is 4.23. The summed E-state index contributed by atoms with van der Waals surface area (Å²) < 4.78 is 17.2. The summed E-state index contributed by atoms with van der Waals surface area (Å²) in [5.74, 6) is 1.64. The number of likely N-dealkylation sites (N-methyl/N-ethyl adjacent to an activating group) is 1. The predicted molar refractivity (Wildman–Crippen MR) is 93.6 cm³/mol. The number of rotatable bonds is 1. The number of ether oxygens (including phenoxy) is 3. The minimum Gasteiger partial charge on any atom is -0.491 e. The molecular formula is C20H17NO5. The summed E-state index contributed by atoms with van der Waals surface area (Å²) in [6.07, 6.45) is 0. The molecule has 0 aromatic heterocycles. The average Bonchev–Trinajstić information content (AvgIpc) is 3.12. The highest BCUT2D eigenvalue weighted by molar-refractivity contribution is 6.14. The van der Waals surface area contributed by atoms with Gasteiger partial charge >= 0.3 is 0 Å². The van der Waals surface area contributed by atoms with Crippen molar-refractivity contribution < 1.29 is 23.8 Å². The molecule has 5 rings (SSSR count). The zero-order valence-corrected chi connectivity index (χ0v) is 14.5. The van der Waals surface area contributed by atoms with Crippen molar-refractivity contribution in [2.24, 2.45) is 0 Å². The summed E-state index contributed by atoms with van der Waals surface area (Å²) in [5.41, 5.74) is 1.71. The van der Waals surface area contributed by atoms with Crippen molar-refractivity contribution in [3.63, 3.8) is 0 Å². The lowest BCUT2D eigenvalue weighted by atomic mass is 9.74. The van der Waals surface area contributed by atoms with Crippen LogP contribution < -0.4 is 19.1 Å². The van der Waals surface area contributed by atoms with E-state index in [2.05, 4.69) is 0 Å². The average molecular weight is 351 g/mol. The van der Waals surface area contributed by atoms with Crippen LogP contribution in [0.3, 0.4) is 0 Å². The number of ketones is 1. The second-order valence-corrected chi connectivity index (χ2v) is 6.81. The van der Waals surface area contributed by atoms with E-state index >= 15 is 0 Å². The van der Waals surface area contributed by atoms with Crippen molar-refractivity contribution in [3.05, 3.63) is 47.0 Å². The van der Waals surface area contributed by atoms with Gasteiger partial charge < -0.3 is 19.1 Å². The van der Waals surface area contributed by atoms with Gasteiger partial charge in [-0.1, -0.05) is 12.1 Å². The number of carbonyl (C=O) groups excluding carboxylic acids is 2. The molecule has 1 spiro atoms. The maximum absolute atomic E-state index is 13.4. The summed E-state index contributed by atoms with van der Waals surface area (Å²) >= 11 is 0. The van der Waals surface area contributed by atoms with Crippen LogP contribution in [0.4, 0.5) is 5.69 Å². The molecule has 0 bridgehead atoms. The largest absolute Gasteiger partial charge is 0.491 e. The normalized spacial score (nSPS) is 22.2. The van der Waals surface area contributed by atoms with Gasteiger partial charge in [0.15, 0.2) is 17.3 Å². The van der Waals surface area contributed by atoms with Crippen LogP contribution in [0.1, 0.15) is 28.4 Å². The molecule has 1 amide bonds. The Kier molecular flexibility index (Phi) is 2.93. The van der Waals surface area contributed by atoms with Gasteiger partial charge in [0.1, 0.15) is 31.0 Å². The van der Waals surface area contributed by atoms with Gasteiger partial charge in [0.25, 0.3) is 0 Å². The minimum absolute atomic E-state index is 0.0738. The third-order valence-corrected chi connectivity index (χ3v) is 5.43. The van der Waals surface area contributed by atoms with Crippen molar-refractivity contribution in [2.45, 2.75) is 12.3 Å². The van der Waals surface area contributed by atoms with E-state index in [4.69, 9.17) is 14.2 Å². The molecule has 6 nitrogen and oxygen atoms in total. The van der Waals surface area contributed by atoms with Gasteiger partial charge in [-0.15, -0.1) is 0 Å². The molecule has 2 aromatic carbocycles. The lowest BCUT2D eigenvalue weighted by molar-refractivity contribution is -0.121. The van der Waals surface area contributed by atoms with E-state index in [-0.39, 0.29) is 18.3 Å². The lowest BCUT2D eigenvalue weighted by Gasteiger charge is -2.24. The molecule has 3 aliphatic heterocycles. The highest BCUT2D eigenvalue weighted by Crippen LogP contribution is 2.55. The summed E-state index contributed by atoms with van der Waals surface area (Å²) in [5, 5.41) is 0. The number of hydrogen-bond donors (Lipinski definition) is 0. The highest BCUT2D eigenvalue weighted by atomic mass is 16.6. The molecule has 0 saturated heterocycles. The Morgan fingerprint density at radius 1 is 1.08 bits per heavy atom. The Balaban J connectivity index is 1.81. The maximum atomic E-state index is 13.4. The van der Waals surface area contributed by atoms with Crippen molar-refractivity contribution in [3.8, 4) is 17.2 Å².